The highest BCUT2D eigenvalue weighted by Crippen LogP contribution is 2.35. The zero-order valence-electron chi connectivity index (χ0n) is 22.7. The molecule has 39 heavy (non-hydrogen) atoms. The van der Waals surface area contributed by atoms with Crippen molar-refractivity contribution in [3.8, 4) is 5.75 Å². The van der Waals surface area contributed by atoms with Crippen LogP contribution in [0.4, 0.5) is 4.39 Å². The second-order valence-corrected chi connectivity index (χ2v) is 12.1. The minimum absolute atomic E-state index is 0.183. The number of rotatable bonds is 9. The van der Waals surface area contributed by atoms with Gasteiger partial charge in [-0.05, 0) is 106 Å². The zero-order chi connectivity index (χ0) is 27.2. The number of piperidine rings is 2. The van der Waals surface area contributed by atoms with E-state index in [1.165, 1.54) is 31.4 Å². The van der Waals surface area contributed by atoms with Gasteiger partial charge in [-0.1, -0.05) is 41.8 Å². The van der Waals surface area contributed by atoms with Crippen molar-refractivity contribution in [3.05, 3.63) is 63.4 Å². The summed E-state index contributed by atoms with van der Waals surface area (Å²) in [7, 11) is 0. The first-order chi connectivity index (χ1) is 19.0. The van der Waals surface area contributed by atoms with E-state index in [0.717, 1.165) is 69.5 Å². The SMILES string of the molecule is O=C([C@@H](Cc1ccc(Cl)cc1Cl)N1CCCCC1)N1CCC(c2ccc(F)cc2OCCN2CCCC2)CC1. The van der Waals surface area contributed by atoms with Crippen molar-refractivity contribution in [2.45, 2.75) is 63.3 Å². The van der Waals surface area contributed by atoms with Crippen molar-refractivity contribution in [1.29, 1.82) is 0 Å². The molecule has 5 rings (SSSR count). The van der Waals surface area contributed by atoms with Crippen LogP contribution in [0.25, 0.3) is 0 Å². The highest BCUT2D eigenvalue weighted by molar-refractivity contribution is 6.35. The zero-order valence-corrected chi connectivity index (χ0v) is 24.2. The summed E-state index contributed by atoms with van der Waals surface area (Å²) < 4.78 is 20.3. The fourth-order valence-electron chi connectivity index (χ4n) is 6.38. The van der Waals surface area contributed by atoms with Crippen LogP contribution in [0.15, 0.2) is 36.4 Å². The van der Waals surface area contributed by atoms with Crippen molar-refractivity contribution in [2.75, 3.05) is 52.4 Å². The fraction of sp³-hybridized carbons (Fsp3) is 0.581. The molecule has 0 unspecified atom stereocenters. The Bertz CT molecular complexity index is 1110. The van der Waals surface area contributed by atoms with Crippen LogP contribution in [0.3, 0.4) is 0 Å². The summed E-state index contributed by atoms with van der Waals surface area (Å²) in [6.07, 6.45) is 8.20. The van der Waals surface area contributed by atoms with E-state index in [1.54, 1.807) is 6.07 Å². The minimum Gasteiger partial charge on any atom is -0.492 e. The number of likely N-dealkylation sites (tertiary alicyclic amines) is 3. The molecule has 3 heterocycles. The summed E-state index contributed by atoms with van der Waals surface area (Å²) in [6, 6.07) is 10.3. The van der Waals surface area contributed by atoms with Crippen LogP contribution < -0.4 is 4.74 Å². The average Bonchev–Trinajstić information content (AvgIpc) is 3.47. The largest absolute Gasteiger partial charge is 0.492 e. The maximum Gasteiger partial charge on any atom is 0.240 e. The number of hydrogen-bond donors (Lipinski definition) is 0. The standard InChI is InChI=1S/C31H40Cl2FN3O2/c32-25-7-6-24(28(33)21-25)20-29(36-14-2-1-3-15-36)31(38)37-16-10-23(11-17-37)27-9-8-26(34)22-30(27)39-19-18-35-12-4-5-13-35/h6-9,21-23,29H,1-5,10-20H2/t29-/m1/s1. The summed E-state index contributed by atoms with van der Waals surface area (Å²) in [5.74, 6) is 0.813. The quantitative estimate of drug-likeness (QED) is 0.346. The number of hydrogen-bond acceptors (Lipinski definition) is 4. The molecule has 0 aromatic heterocycles. The van der Waals surface area contributed by atoms with Gasteiger partial charge in [-0.2, -0.15) is 0 Å². The molecule has 3 saturated heterocycles. The number of benzene rings is 2. The molecule has 1 atom stereocenters. The third kappa shape index (κ3) is 7.46. The molecular weight excluding hydrogens is 536 g/mol. The van der Waals surface area contributed by atoms with E-state index in [4.69, 9.17) is 27.9 Å². The fourth-order valence-corrected chi connectivity index (χ4v) is 6.87. The Hall–Kier alpha value is -1.86. The molecule has 3 aliphatic rings. The smallest absolute Gasteiger partial charge is 0.240 e. The highest BCUT2D eigenvalue weighted by atomic mass is 35.5. The van der Waals surface area contributed by atoms with Crippen LogP contribution in [0.5, 0.6) is 5.75 Å². The van der Waals surface area contributed by atoms with Crippen molar-refractivity contribution in [1.82, 2.24) is 14.7 Å². The maximum atomic E-state index is 14.1. The van der Waals surface area contributed by atoms with Crippen LogP contribution in [-0.2, 0) is 11.2 Å². The molecule has 8 heteroatoms. The lowest BCUT2D eigenvalue weighted by Gasteiger charge is -2.39. The van der Waals surface area contributed by atoms with Crippen LogP contribution in [0.2, 0.25) is 10.0 Å². The number of carbonyl (C=O) groups is 1. The Balaban J connectivity index is 1.23. The van der Waals surface area contributed by atoms with E-state index in [-0.39, 0.29) is 23.7 Å². The number of amides is 1. The molecule has 0 saturated carbocycles. The number of halogens is 3. The normalized spacial score (nSPS) is 20.3. The van der Waals surface area contributed by atoms with Crippen LogP contribution in [0, 0.1) is 5.82 Å². The van der Waals surface area contributed by atoms with Crippen molar-refractivity contribution in [2.24, 2.45) is 0 Å². The van der Waals surface area contributed by atoms with E-state index < -0.39 is 0 Å². The van der Waals surface area contributed by atoms with Gasteiger partial charge in [0.1, 0.15) is 18.2 Å². The Kier molecular flexibility index (Phi) is 10.0. The molecule has 0 aliphatic carbocycles. The lowest BCUT2D eigenvalue weighted by Crippen LogP contribution is -2.53. The lowest BCUT2D eigenvalue weighted by atomic mass is 9.88. The molecule has 3 fully saturated rings. The molecule has 0 spiro atoms. The highest BCUT2D eigenvalue weighted by Gasteiger charge is 2.34. The minimum atomic E-state index is -0.271. The molecule has 212 valence electrons. The third-order valence-corrected chi connectivity index (χ3v) is 9.22. The van der Waals surface area contributed by atoms with E-state index >= 15 is 0 Å². The Morgan fingerprint density at radius 1 is 0.923 bits per heavy atom. The molecule has 2 aromatic rings. The molecule has 1 amide bonds. The second-order valence-electron chi connectivity index (χ2n) is 11.2. The summed E-state index contributed by atoms with van der Waals surface area (Å²) in [5.41, 5.74) is 2.02. The van der Waals surface area contributed by atoms with Gasteiger partial charge in [0.15, 0.2) is 0 Å². The second kappa shape index (κ2) is 13.7. The topological polar surface area (TPSA) is 36.0 Å². The van der Waals surface area contributed by atoms with E-state index in [2.05, 4.69) is 9.80 Å². The van der Waals surface area contributed by atoms with Gasteiger partial charge >= 0.3 is 0 Å². The van der Waals surface area contributed by atoms with Crippen molar-refractivity contribution in [3.63, 3.8) is 0 Å². The predicted molar refractivity (Wildman–Crippen MR) is 156 cm³/mol. The molecule has 2 aromatic carbocycles. The number of nitrogens with zero attached hydrogens (tertiary/aromatic N) is 3. The van der Waals surface area contributed by atoms with Crippen LogP contribution in [0.1, 0.15) is 62.0 Å². The first kappa shape index (κ1) is 28.7. The number of ether oxygens (including phenoxy) is 1. The van der Waals surface area contributed by atoms with Gasteiger partial charge in [0.05, 0.1) is 6.04 Å². The van der Waals surface area contributed by atoms with Gasteiger partial charge < -0.3 is 9.64 Å². The van der Waals surface area contributed by atoms with Gasteiger partial charge in [0.2, 0.25) is 5.91 Å². The molecule has 0 bridgehead atoms. The molecule has 0 radical (unpaired) electrons. The van der Waals surface area contributed by atoms with Crippen molar-refractivity contribution < 1.29 is 13.9 Å². The summed E-state index contributed by atoms with van der Waals surface area (Å²) in [6.45, 7) is 6.93. The summed E-state index contributed by atoms with van der Waals surface area (Å²) in [5, 5.41) is 1.22. The predicted octanol–water partition coefficient (Wildman–Crippen LogP) is 6.41. The first-order valence-corrected chi connectivity index (χ1v) is 15.3. The Morgan fingerprint density at radius 2 is 1.64 bits per heavy atom. The van der Waals surface area contributed by atoms with E-state index in [1.807, 2.05) is 23.1 Å². The van der Waals surface area contributed by atoms with Gasteiger partial charge in [0.25, 0.3) is 0 Å². The van der Waals surface area contributed by atoms with Gasteiger partial charge in [0, 0.05) is 35.7 Å². The Morgan fingerprint density at radius 3 is 2.36 bits per heavy atom. The maximum absolute atomic E-state index is 14.1. The lowest BCUT2D eigenvalue weighted by molar-refractivity contribution is -0.138. The van der Waals surface area contributed by atoms with E-state index in [9.17, 15) is 9.18 Å². The number of carbonyl (C=O) groups excluding carboxylic acids is 1. The molecule has 5 nitrogen and oxygen atoms in total. The van der Waals surface area contributed by atoms with Gasteiger partial charge in [-0.3, -0.25) is 14.6 Å². The first-order valence-electron chi connectivity index (χ1n) is 14.6. The van der Waals surface area contributed by atoms with Gasteiger partial charge in [-0.15, -0.1) is 0 Å². The third-order valence-electron chi connectivity index (χ3n) is 8.63. The van der Waals surface area contributed by atoms with Crippen LogP contribution >= 0.6 is 23.2 Å². The Labute approximate surface area is 242 Å². The van der Waals surface area contributed by atoms with Gasteiger partial charge in [-0.25, -0.2) is 4.39 Å². The summed E-state index contributed by atoms with van der Waals surface area (Å²) >= 11 is 12.6. The average molecular weight is 577 g/mol. The molecule has 0 N–H and O–H groups in total. The molecular formula is C31H40Cl2FN3O2. The van der Waals surface area contributed by atoms with E-state index in [0.29, 0.717) is 41.9 Å². The monoisotopic (exact) mass is 575 g/mol. The van der Waals surface area contributed by atoms with Crippen molar-refractivity contribution >= 4 is 29.1 Å². The summed E-state index contributed by atoms with van der Waals surface area (Å²) in [4.78, 5) is 20.7. The molecule has 3 aliphatic heterocycles. The van der Waals surface area contributed by atoms with Crippen LogP contribution in [-0.4, -0.2) is 79.1 Å².